The Morgan fingerprint density at radius 1 is 1.78 bits per heavy atom. The smallest absolute Gasteiger partial charge is 0.0196 e. The maximum Gasteiger partial charge on any atom is 0.0196 e. The van der Waals surface area contributed by atoms with Gasteiger partial charge in [0.2, 0.25) is 0 Å². The maximum atomic E-state index is 3.70. The molecule has 0 amide bonds. The summed E-state index contributed by atoms with van der Waals surface area (Å²) < 4.78 is 0. The molecule has 0 aromatic heterocycles. The zero-order valence-corrected chi connectivity index (χ0v) is 7.00. The third-order valence-corrected chi connectivity index (χ3v) is 2.22. The van der Waals surface area contributed by atoms with Crippen molar-refractivity contribution in [1.82, 2.24) is 5.32 Å². The minimum absolute atomic E-state index is 0.596. The molecule has 0 fully saturated rings. The molecule has 0 spiro atoms. The molecule has 0 aliphatic rings. The first kappa shape index (κ1) is 9.05. The molecule has 0 aromatic carbocycles. The van der Waals surface area contributed by atoms with Crippen molar-refractivity contribution >= 4 is 11.8 Å². The van der Waals surface area contributed by atoms with Crippen LogP contribution >= 0.6 is 11.8 Å². The van der Waals surface area contributed by atoms with Crippen molar-refractivity contribution in [2.24, 2.45) is 0 Å². The predicted octanol–water partition coefficient (Wildman–Crippen LogP) is 1.51. The largest absolute Gasteiger partial charge is 0.319 e. The third-order valence-electron chi connectivity index (χ3n) is 1.06. The van der Waals surface area contributed by atoms with E-state index in [0.717, 1.165) is 6.54 Å². The zero-order valence-electron chi connectivity index (χ0n) is 6.18. The summed E-state index contributed by atoms with van der Waals surface area (Å²) in [5.41, 5.74) is 0. The summed E-state index contributed by atoms with van der Waals surface area (Å²) in [6.45, 7) is 6.94. The number of hydrogen-bond donors (Lipinski definition) is 1. The van der Waals surface area contributed by atoms with E-state index in [4.69, 9.17) is 0 Å². The second-order valence-electron chi connectivity index (χ2n) is 1.92. The van der Waals surface area contributed by atoms with Crippen LogP contribution in [-0.4, -0.2) is 24.6 Å². The van der Waals surface area contributed by atoms with Crippen LogP contribution in [0.1, 0.15) is 6.92 Å². The van der Waals surface area contributed by atoms with Crippen LogP contribution in [0.15, 0.2) is 12.7 Å². The highest BCUT2D eigenvalue weighted by Gasteiger charge is 1.92. The van der Waals surface area contributed by atoms with E-state index in [2.05, 4.69) is 18.8 Å². The van der Waals surface area contributed by atoms with Gasteiger partial charge in [-0.3, -0.25) is 0 Å². The fraction of sp³-hybridized carbons (Fsp3) is 0.714. The standard InChI is InChI=1S/C7H15NS/c1-4-7(2)9-6-5-8-3/h4,7-8H,1,5-6H2,2-3H3. The predicted molar refractivity (Wildman–Crippen MR) is 46.0 cm³/mol. The minimum atomic E-state index is 0.596. The molecule has 0 saturated heterocycles. The van der Waals surface area contributed by atoms with Crippen LogP contribution in [0.25, 0.3) is 0 Å². The van der Waals surface area contributed by atoms with Gasteiger partial charge in [-0.1, -0.05) is 6.08 Å². The Balaban J connectivity index is 2.96. The molecule has 1 nitrogen and oxygen atoms in total. The lowest BCUT2D eigenvalue weighted by Crippen LogP contribution is -2.11. The summed E-state index contributed by atoms with van der Waals surface area (Å²) in [7, 11) is 1.97. The van der Waals surface area contributed by atoms with Crippen LogP contribution in [0, 0.1) is 0 Å². The van der Waals surface area contributed by atoms with Gasteiger partial charge in [-0.05, 0) is 14.0 Å². The van der Waals surface area contributed by atoms with E-state index in [-0.39, 0.29) is 0 Å². The zero-order chi connectivity index (χ0) is 7.11. The topological polar surface area (TPSA) is 12.0 Å². The minimum Gasteiger partial charge on any atom is -0.319 e. The van der Waals surface area contributed by atoms with E-state index >= 15 is 0 Å². The van der Waals surface area contributed by atoms with E-state index < -0.39 is 0 Å². The Kier molecular flexibility index (Phi) is 6.21. The van der Waals surface area contributed by atoms with Crippen molar-refractivity contribution in [3.05, 3.63) is 12.7 Å². The molecule has 0 aliphatic carbocycles. The lowest BCUT2D eigenvalue weighted by atomic mass is 10.5. The monoisotopic (exact) mass is 145 g/mol. The molecule has 54 valence electrons. The Morgan fingerprint density at radius 3 is 2.89 bits per heavy atom. The SMILES string of the molecule is C=CC(C)SCCNC. The average Bonchev–Trinajstić information content (AvgIpc) is 1.89. The molecule has 2 heteroatoms. The summed E-state index contributed by atoms with van der Waals surface area (Å²) in [4.78, 5) is 0. The van der Waals surface area contributed by atoms with Gasteiger partial charge in [-0.2, -0.15) is 11.8 Å². The van der Waals surface area contributed by atoms with Gasteiger partial charge in [0.25, 0.3) is 0 Å². The highest BCUT2D eigenvalue weighted by Crippen LogP contribution is 2.08. The van der Waals surface area contributed by atoms with Gasteiger partial charge in [-0.15, -0.1) is 6.58 Å². The van der Waals surface area contributed by atoms with E-state index in [1.54, 1.807) is 0 Å². The highest BCUT2D eigenvalue weighted by atomic mass is 32.2. The second kappa shape index (κ2) is 6.17. The molecule has 9 heavy (non-hydrogen) atoms. The molecule has 1 unspecified atom stereocenters. The van der Waals surface area contributed by atoms with E-state index in [9.17, 15) is 0 Å². The van der Waals surface area contributed by atoms with Crippen LogP contribution in [0.4, 0.5) is 0 Å². The van der Waals surface area contributed by atoms with Crippen molar-refractivity contribution in [2.75, 3.05) is 19.3 Å². The summed E-state index contributed by atoms with van der Waals surface area (Å²) in [5.74, 6) is 1.17. The fourth-order valence-corrected chi connectivity index (χ4v) is 1.24. The molecule has 0 radical (unpaired) electrons. The Morgan fingerprint density at radius 2 is 2.44 bits per heavy atom. The van der Waals surface area contributed by atoms with Gasteiger partial charge in [-0.25, -0.2) is 0 Å². The first-order chi connectivity index (χ1) is 4.31. The van der Waals surface area contributed by atoms with Crippen molar-refractivity contribution in [3.63, 3.8) is 0 Å². The molecule has 0 heterocycles. The number of rotatable bonds is 5. The van der Waals surface area contributed by atoms with Crippen LogP contribution in [0.5, 0.6) is 0 Å². The quantitative estimate of drug-likeness (QED) is 0.465. The van der Waals surface area contributed by atoms with Crippen LogP contribution in [0.2, 0.25) is 0 Å². The van der Waals surface area contributed by atoms with Gasteiger partial charge >= 0.3 is 0 Å². The van der Waals surface area contributed by atoms with Crippen molar-refractivity contribution < 1.29 is 0 Å². The first-order valence-corrected chi connectivity index (χ1v) is 4.25. The number of thioether (sulfide) groups is 1. The van der Waals surface area contributed by atoms with Gasteiger partial charge in [0.15, 0.2) is 0 Å². The van der Waals surface area contributed by atoms with Crippen molar-refractivity contribution in [1.29, 1.82) is 0 Å². The molecule has 1 atom stereocenters. The summed E-state index contributed by atoms with van der Waals surface area (Å²) >= 11 is 1.92. The third kappa shape index (κ3) is 5.93. The Labute approximate surface area is 61.9 Å². The summed E-state index contributed by atoms with van der Waals surface area (Å²) in [6, 6.07) is 0. The van der Waals surface area contributed by atoms with Crippen LogP contribution < -0.4 is 5.32 Å². The van der Waals surface area contributed by atoms with Crippen LogP contribution in [-0.2, 0) is 0 Å². The molecule has 0 aromatic rings. The lowest BCUT2D eigenvalue weighted by Gasteiger charge is -2.03. The summed E-state index contributed by atoms with van der Waals surface area (Å²) in [6.07, 6.45) is 1.97. The van der Waals surface area contributed by atoms with E-state index in [1.807, 2.05) is 24.9 Å². The second-order valence-corrected chi connectivity index (χ2v) is 3.40. The highest BCUT2D eigenvalue weighted by molar-refractivity contribution is 8.00. The maximum absolute atomic E-state index is 3.70. The number of nitrogens with one attached hydrogen (secondary N) is 1. The van der Waals surface area contributed by atoms with Gasteiger partial charge in [0, 0.05) is 17.5 Å². The van der Waals surface area contributed by atoms with E-state index in [1.165, 1.54) is 5.75 Å². The van der Waals surface area contributed by atoms with Gasteiger partial charge in [0.05, 0.1) is 0 Å². The molecular weight excluding hydrogens is 130 g/mol. The molecule has 0 rings (SSSR count). The van der Waals surface area contributed by atoms with Gasteiger partial charge < -0.3 is 5.32 Å². The molecule has 0 bridgehead atoms. The fourth-order valence-electron chi connectivity index (χ4n) is 0.415. The molecule has 1 N–H and O–H groups in total. The normalized spacial score (nSPS) is 13.1. The average molecular weight is 145 g/mol. The van der Waals surface area contributed by atoms with E-state index in [0.29, 0.717) is 5.25 Å². The lowest BCUT2D eigenvalue weighted by molar-refractivity contribution is 0.871. The molecular formula is C7H15NS. The molecule has 0 saturated carbocycles. The summed E-state index contributed by atoms with van der Waals surface area (Å²) in [5, 5.41) is 3.69. The number of hydrogen-bond acceptors (Lipinski definition) is 2. The molecule has 0 aliphatic heterocycles. The Hall–Kier alpha value is 0.0500. The first-order valence-electron chi connectivity index (χ1n) is 3.20. The van der Waals surface area contributed by atoms with Crippen molar-refractivity contribution in [2.45, 2.75) is 12.2 Å². The van der Waals surface area contributed by atoms with Gasteiger partial charge in [0.1, 0.15) is 0 Å². The Bertz CT molecular complexity index is 73.3. The van der Waals surface area contributed by atoms with Crippen LogP contribution in [0.3, 0.4) is 0 Å². The van der Waals surface area contributed by atoms with Crippen molar-refractivity contribution in [3.8, 4) is 0 Å².